The number of amides is 2. The number of nitriles is 1. The second-order valence-electron chi connectivity index (χ2n) is 7.31. The third kappa shape index (κ3) is 6.71. The van der Waals surface area contributed by atoms with E-state index in [4.69, 9.17) is 15.1 Å². The Labute approximate surface area is 176 Å². The highest BCUT2D eigenvalue weighted by Gasteiger charge is 2.45. The van der Waals surface area contributed by atoms with Crippen molar-refractivity contribution in [3.8, 4) is 6.07 Å². The minimum Gasteiger partial charge on any atom is -0.465 e. The Kier molecular flexibility index (Phi) is 8.62. The number of hydrogen-bond donors (Lipinski definition) is 2. The van der Waals surface area contributed by atoms with Gasteiger partial charge in [-0.3, -0.25) is 4.79 Å². The molecule has 3 rings (SSSR count). The Hall–Kier alpha value is -2.64. The predicted octanol–water partition coefficient (Wildman–Crippen LogP) is 1.23. The van der Waals surface area contributed by atoms with E-state index in [-0.39, 0.29) is 18.4 Å². The number of benzene rings is 1. The van der Waals surface area contributed by atoms with Gasteiger partial charge in [0.05, 0.1) is 30.5 Å². The summed E-state index contributed by atoms with van der Waals surface area (Å²) in [5, 5.41) is 16.8. The van der Waals surface area contributed by atoms with Crippen molar-refractivity contribution in [3.63, 3.8) is 0 Å². The van der Waals surface area contributed by atoms with Gasteiger partial charge in [-0.2, -0.15) is 5.26 Å². The summed E-state index contributed by atoms with van der Waals surface area (Å²) < 4.78 is 29.7. The van der Waals surface area contributed by atoms with Crippen LogP contribution in [0.2, 0.25) is 0 Å². The molecule has 1 aromatic rings. The lowest BCUT2D eigenvalue weighted by Gasteiger charge is -2.30. The number of hydrogen-bond acceptors (Lipinski definition) is 6. The molecule has 0 radical (unpaired) electrons. The van der Waals surface area contributed by atoms with Gasteiger partial charge < -0.3 is 20.1 Å². The molecule has 2 fully saturated rings. The fraction of sp³-hybridized carbons (Fsp3) is 0.550. The molecule has 1 saturated heterocycles. The maximum absolute atomic E-state index is 12.8. The van der Waals surface area contributed by atoms with Crippen molar-refractivity contribution in [3.05, 3.63) is 35.9 Å². The van der Waals surface area contributed by atoms with Gasteiger partial charge in [0, 0.05) is 19.3 Å². The molecule has 0 spiro atoms. The maximum Gasteiger partial charge on any atom is 0.405 e. The zero-order chi connectivity index (χ0) is 22.1. The first kappa shape index (κ1) is 23.6. The molecular weight excluding hydrogens is 410 g/mol. The molecule has 0 unspecified atom stereocenters. The van der Waals surface area contributed by atoms with Gasteiger partial charge in [0.15, 0.2) is 9.84 Å². The number of sulfone groups is 1. The third-order valence-corrected chi connectivity index (χ3v) is 6.90. The van der Waals surface area contributed by atoms with Crippen LogP contribution in [-0.2, 0) is 19.4 Å². The van der Waals surface area contributed by atoms with E-state index in [1.807, 2.05) is 35.6 Å². The number of rotatable bonds is 4. The van der Waals surface area contributed by atoms with Crippen molar-refractivity contribution in [2.45, 2.75) is 24.0 Å². The minimum absolute atomic E-state index is 0.0258. The number of nitrogens with one attached hydrogen (secondary N) is 1. The molecule has 2 aliphatic rings. The van der Waals surface area contributed by atoms with E-state index in [9.17, 15) is 18.0 Å². The summed E-state index contributed by atoms with van der Waals surface area (Å²) in [6, 6.07) is 11.5. The van der Waals surface area contributed by atoms with Crippen molar-refractivity contribution in [1.82, 2.24) is 10.2 Å². The van der Waals surface area contributed by atoms with E-state index in [1.54, 1.807) is 11.0 Å². The molecular formula is C20H27N3O6S. The number of morpholine rings is 1. The van der Waals surface area contributed by atoms with Crippen LogP contribution in [0.4, 0.5) is 4.79 Å². The highest BCUT2D eigenvalue weighted by Crippen LogP contribution is 2.42. The fourth-order valence-corrected chi connectivity index (χ4v) is 5.27. The third-order valence-electron chi connectivity index (χ3n) is 5.28. The molecule has 164 valence electrons. The topological polar surface area (TPSA) is 137 Å². The maximum atomic E-state index is 12.8. The average molecular weight is 438 g/mol. The first-order valence-corrected chi connectivity index (χ1v) is 11.6. The molecule has 1 saturated carbocycles. The van der Waals surface area contributed by atoms with E-state index in [0.717, 1.165) is 5.56 Å². The lowest BCUT2D eigenvalue weighted by Crippen LogP contribution is -2.46. The SMILES string of the molecule is CS(=O)(=O)[C@@H]1C[C@H](c2ccccc2)C[C@@H]1C(=O)N1CCOCC1.N#CCNC(=O)O. The van der Waals surface area contributed by atoms with Crippen molar-refractivity contribution in [2.24, 2.45) is 5.92 Å². The Morgan fingerprint density at radius 1 is 1.23 bits per heavy atom. The Bertz CT molecular complexity index is 862. The number of nitrogens with zero attached hydrogens (tertiary/aromatic N) is 2. The molecule has 2 N–H and O–H groups in total. The average Bonchev–Trinajstić information content (AvgIpc) is 3.19. The van der Waals surface area contributed by atoms with Crippen LogP contribution in [-0.4, -0.2) is 74.8 Å². The quantitative estimate of drug-likeness (QED) is 0.676. The number of carbonyl (C=O) groups excluding carboxylic acids is 1. The fourth-order valence-electron chi connectivity index (χ4n) is 3.86. The van der Waals surface area contributed by atoms with Gasteiger partial charge in [-0.15, -0.1) is 0 Å². The molecule has 0 bridgehead atoms. The molecule has 0 aromatic heterocycles. The molecule has 2 amide bonds. The zero-order valence-corrected chi connectivity index (χ0v) is 17.7. The molecule has 1 aliphatic heterocycles. The molecule has 1 aromatic carbocycles. The minimum atomic E-state index is -3.26. The van der Waals surface area contributed by atoms with Crippen LogP contribution >= 0.6 is 0 Å². The Morgan fingerprint density at radius 2 is 1.87 bits per heavy atom. The normalized spacial score (nSPS) is 23.6. The number of carbonyl (C=O) groups is 2. The second-order valence-corrected chi connectivity index (χ2v) is 9.57. The lowest BCUT2D eigenvalue weighted by atomic mass is 9.96. The summed E-state index contributed by atoms with van der Waals surface area (Å²) in [5.41, 5.74) is 1.12. The molecule has 1 aliphatic carbocycles. The zero-order valence-electron chi connectivity index (χ0n) is 16.9. The van der Waals surface area contributed by atoms with Gasteiger partial charge >= 0.3 is 6.09 Å². The van der Waals surface area contributed by atoms with Crippen LogP contribution in [0.3, 0.4) is 0 Å². The first-order valence-electron chi connectivity index (χ1n) is 9.68. The van der Waals surface area contributed by atoms with Crippen molar-refractivity contribution < 1.29 is 27.9 Å². The van der Waals surface area contributed by atoms with Crippen LogP contribution in [0.5, 0.6) is 0 Å². The molecule has 30 heavy (non-hydrogen) atoms. The summed E-state index contributed by atoms with van der Waals surface area (Å²) in [4.78, 5) is 24.1. The first-order chi connectivity index (χ1) is 14.2. The highest BCUT2D eigenvalue weighted by molar-refractivity contribution is 7.91. The van der Waals surface area contributed by atoms with Crippen molar-refractivity contribution >= 4 is 21.8 Å². The van der Waals surface area contributed by atoms with Gasteiger partial charge in [-0.1, -0.05) is 30.3 Å². The number of ether oxygens (including phenoxy) is 1. The van der Waals surface area contributed by atoms with Gasteiger partial charge in [0.2, 0.25) is 5.91 Å². The van der Waals surface area contributed by atoms with E-state index < -0.39 is 27.1 Å². The summed E-state index contributed by atoms with van der Waals surface area (Å²) >= 11 is 0. The second kappa shape index (κ2) is 10.9. The van der Waals surface area contributed by atoms with Gasteiger partial charge in [0.1, 0.15) is 6.54 Å². The van der Waals surface area contributed by atoms with E-state index in [0.29, 0.717) is 39.1 Å². The van der Waals surface area contributed by atoms with Crippen LogP contribution in [0.1, 0.15) is 24.3 Å². The van der Waals surface area contributed by atoms with Gasteiger partial charge in [-0.05, 0) is 24.3 Å². The standard InChI is InChI=1S/C17H23NO4S.C3H4N2O2/c1-23(20,21)16-12-14(13-5-3-2-4-6-13)11-15(16)17(19)18-7-9-22-10-8-18;4-1-2-5-3(6)7/h2-6,14-16H,7-12H2,1H3;5H,2H2,(H,6,7)/t14-,15+,16-;/m1./s1. The van der Waals surface area contributed by atoms with E-state index in [2.05, 4.69) is 0 Å². The monoisotopic (exact) mass is 437 g/mol. The van der Waals surface area contributed by atoms with E-state index >= 15 is 0 Å². The van der Waals surface area contributed by atoms with Crippen LogP contribution < -0.4 is 5.32 Å². The summed E-state index contributed by atoms with van der Waals surface area (Å²) in [5.74, 6) is -0.332. The van der Waals surface area contributed by atoms with Crippen LogP contribution in [0.15, 0.2) is 30.3 Å². The summed E-state index contributed by atoms with van der Waals surface area (Å²) in [7, 11) is -3.26. The Morgan fingerprint density at radius 3 is 2.37 bits per heavy atom. The van der Waals surface area contributed by atoms with Crippen molar-refractivity contribution in [2.75, 3.05) is 39.1 Å². The van der Waals surface area contributed by atoms with Gasteiger partial charge in [-0.25, -0.2) is 13.2 Å². The smallest absolute Gasteiger partial charge is 0.405 e. The number of carboxylic acid groups (broad SMARTS) is 1. The Balaban J connectivity index is 0.000000396. The molecule has 10 heteroatoms. The van der Waals surface area contributed by atoms with Crippen LogP contribution in [0.25, 0.3) is 0 Å². The van der Waals surface area contributed by atoms with E-state index in [1.165, 1.54) is 6.26 Å². The predicted molar refractivity (Wildman–Crippen MR) is 110 cm³/mol. The summed E-state index contributed by atoms with van der Waals surface area (Å²) in [6.45, 7) is 2.03. The van der Waals surface area contributed by atoms with Crippen molar-refractivity contribution in [1.29, 1.82) is 5.26 Å². The largest absolute Gasteiger partial charge is 0.465 e. The lowest BCUT2D eigenvalue weighted by molar-refractivity contribution is -0.139. The highest BCUT2D eigenvalue weighted by atomic mass is 32.2. The summed E-state index contributed by atoms with van der Waals surface area (Å²) in [6.07, 6.45) is 1.23. The van der Waals surface area contributed by atoms with Crippen LogP contribution in [0, 0.1) is 17.2 Å². The molecule has 1 heterocycles. The molecule has 3 atom stereocenters. The molecule has 9 nitrogen and oxygen atoms in total. The van der Waals surface area contributed by atoms with Gasteiger partial charge in [0.25, 0.3) is 0 Å².